The van der Waals surface area contributed by atoms with Gasteiger partial charge in [0.15, 0.2) is 0 Å². The van der Waals surface area contributed by atoms with Crippen LogP contribution >= 0.6 is 16.8 Å². The number of benzene rings is 1. The second kappa shape index (κ2) is 9.92. The molecule has 0 N–H and O–H groups in total. The van der Waals surface area contributed by atoms with Gasteiger partial charge in [0.2, 0.25) is 0 Å². The van der Waals surface area contributed by atoms with Gasteiger partial charge in [-0.1, -0.05) is 32.2 Å². The first-order valence-electron chi connectivity index (χ1n) is 9.13. The van der Waals surface area contributed by atoms with E-state index in [9.17, 15) is 0 Å². The summed E-state index contributed by atoms with van der Waals surface area (Å²) in [6.07, 6.45) is 14.5. The van der Waals surface area contributed by atoms with Gasteiger partial charge in [0.1, 0.15) is 0 Å². The van der Waals surface area contributed by atoms with Crippen LogP contribution in [0.5, 0.6) is 0 Å². The van der Waals surface area contributed by atoms with Crippen LogP contribution in [-0.4, -0.2) is 11.3 Å². The molecule has 1 aromatic carbocycles. The van der Waals surface area contributed by atoms with Gasteiger partial charge in [0.25, 0.3) is 0 Å². The van der Waals surface area contributed by atoms with E-state index in [-0.39, 0.29) is 0 Å². The van der Waals surface area contributed by atoms with E-state index >= 15 is 0 Å². The molecule has 3 rings (SSSR count). The Labute approximate surface area is 158 Å². The average Bonchev–Trinajstić information content (AvgIpc) is 2.64. The molecule has 0 spiro atoms. The fraction of sp³-hybridized carbons (Fsp3) is 0.650. The van der Waals surface area contributed by atoms with Crippen LogP contribution in [0.2, 0.25) is 0 Å². The van der Waals surface area contributed by atoms with Crippen molar-refractivity contribution in [3.05, 3.63) is 36.5 Å². The molecular weight excluding hydrogens is 413 g/mol. The monoisotopic (exact) mass is 443 g/mol. The maximum atomic E-state index is 5.04. The molecule has 0 unspecified atom stereocenters. The Kier molecular flexibility index (Phi) is 8.59. The van der Waals surface area contributed by atoms with E-state index in [1.54, 1.807) is 5.30 Å². The fourth-order valence-corrected chi connectivity index (χ4v) is 9.51. The molecule has 132 valence electrons. The van der Waals surface area contributed by atoms with Gasteiger partial charge in [-0.3, -0.25) is 0 Å². The van der Waals surface area contributed by atoms with E-state index in [4.69, 9.17) is 6.66 Å². The fourth-order valence-electron chi connectivity index (χ4n) is 4.69. The molecule has 0 aromatic heterocycles. The average molecular weight is 444 g/mol. The second-order valence-electron chi connectivity index (χ2n) is 7.35. The number of hydrogen-bond donors (Lipinski definition) is 0. The van der Waals surface area contributed by atoms with Crippen molar-refractivity contribution in [3.63, 3.8) is 0 Å². The van der Waals surface area contributed by atoms with Crippen molar-refractivity contribution in [2.45, 2.75) is 82.4 Å². The topological polar surface area (TPSA) is 0 Å². The Hall–Kier alpha value is 0.602. The third kappa shape index (κ3) is 4.82. The minimum atomic E-state index is -1.25. The SMILES string of the molecule is [CH2-][P+](c1cccc(C)c1)(C1CCCCC1)C1CCCCC1.[Cl][Pd+]. The van der Waals surface area contributed by atoms with Crippen molar-refractivity contribution >= 4 is 22.1 Å². The summed E-state index contributed by atoms with van der Waals surface area (Å²) in [4.78, 5) is 0. The van der Waals surface area contributed by atoms with Crippen LogP contribution in [0.1, 0.15) is 69.8 Å². The normalized spacial score (nSPS) is 20.7. The zero-order chi connectivity index (χ0) is 16.7. The maximum absolute atomic E-state index is 5.04. The molecule has 2 aliphatic carbocycles. The molecule has 0 heterocycles. The predicted molar refractivity (Wildman–Crippen MR) is 103 cm³/mol. The summed E-state index contributed by atoms with van der Waals surface area (Å²) in [7, 11) is 3.24. The Morgan fingerprint density at radius 1 is 0.913 bits per heavy atom. The summed E-state index contributed by atoms with van der Waals surface area (Å²) in [5.74, 6) is 0. The first-order valence-corrected chi connectivity index (χ1v) is 13.2. The van der Waals surface area contributed by atoms with Gasteiger partial charge >= 0.3 is 27.7 Å². The zero-order valence-electron chi connectivity index (χ0n) is 14.4. The summed E-state index contributed by atoms with van der Waals surface area (Å²) < 4.78 is 0. The quantitative estimate of drug-likeness (QED) is 0.274. The molecular formula is C20H31ClPPd+. The van der Waals surface area contributed by atoms with Crippen LogP contribution in [0.15, 0.2) is 24.3 Å². The number of halogens is 1. The molecule has 0 bridgehead atoms. The molecule has 2 aliphatic rings. The Morgan fingerprint density at radius 2 is 1.39 bits per heavy atom. The summed E-state index contributed by atoms with van der Waals surface area (Å²) >= 11 is 2.22. The van der Waals surface area contributed by atoms with Crippen molar-refractivity contribution in [2.75, 3.05) is 0 Å². The van der Waals surface area contributed by atoms with Gasteiger partial charge < -0.3 is 0 Å². The standard InChI is InChI=1S/C20H31P.ClH.Pd/c1-17-10-9-15-20(16-17)21(2,18-11-5-3-6-12-18)19-13-7-4-8-14-19;;/h9-10,15-16,18-19H,2-8,11-14H2,1H3;1H;/q;;+2/p-1. The molecule has 1 aromatic rings. The van der Waals surface area contributed by atoms with E-state index < -0.39 is 7.26 Å². The van der Waals surface area contributed by atoms with Crippen LogP contribution in [0.3, 0.4) is 0 Å². The van der Waals surface area contributed by atoms with Crippen LogP contribution < -0.4 is 5.30 Å². The third-order valence-electron chi connectivity index (χ3n) is 5.93. The zero-order valence-corrected chi connectivity index (χ0v) is 17.6. The van der Waals surface area contributed by atoms with Gasteiger partial charge in [0, 0.05) is 11.3 Å². The molecule has 2 fully saturated rings. The summed E-state index contributed by atoms with van der Waals surface area (Å²) in [5, 5.41) is 1.64. The van der Waals surface area contributed by atoms with E-state index in [0.717, 1.165) is 11.3 Å². The second-order valence-corrected chi connectivity index (χ2v) is 11.2. The molecule has 0 saturated heterocycles. The Morgan fingerprint density at radius 3 is 1.83 bits per heavy atom. The van der Waals surface area contributed by atoms with Crippen LogP contribution in [0.4, 0.5) is 0 Å². The van der Waals surface area contributed by atoms with Gasteiger partial charge in [-0.25, -0.2) is 0 Å². The first kappa shape index (κ1) is 19.9. The predicted octanol–water partition coefficient (Wildman–Crippen LogP) is 6.78. The number of rotatable bonds is 3. The van der Waals surface area contributed by atoms with Gasteiger partial charge in [0.05, 0.1) is 5.30 Å². The summed E-state index contributed by atoms with van der Waals surface area (Å²) in [5.41, 5.74) is 3.25. The Balaban J connectivity index is 0.000000924. The van der Waals surface area contributed by atoms with E-state index in [0.29, 0.717) is 0 Å². The Bertz CT molecular complexity index is 446. The van der Waals surface area contributed by atoms with E-state index in [1.807, 2.05) is 0 Å². The summed E-state index contributed by atoms with van der Waals surface area (Å²) in [6.45, 7) is 7.28. The molecule has 2 saturated carbocycles. The van der Waals surface area contributed by atoms with Crippen molar-refractivity contribution in [1.29, 1.82) is 0 Å². The molecule has 0 aliphatic heterocycles. The first-order chi connectivity index (χ1) is 11.2. The summed E-state index contributed by atoms with van der Waals surface area (Å²) in [6, 6.07) is 9.41. The van der Waals surface area contributed by atoms with Crippen LogP contribution in [0, 0.1) is 13.6 Å². The van der Waals surface area contributed by atoms with Crippen molar-refractivity contribution < 1.29 is 18.2 Å². The third-order valence-corrected chi connectivity index (χ3v) is 10.8. The minimum absolute atomic E-state index is 0.913. The van der Waals surface area contributed by atoms with E-state index in [2.05, 4.69) is 58.9 Å². The molecule has 0 nitrogen and oxygen atoms in total. The number of aryl methyl sites for hydroxylation is 1. The molecule has 3 heteroatoms. The molecule has 23 heavy (non-hydrogen) atoms. The van der Waals surface area contributed by atoms with Crippen LogP contribution in [-0.2, 0) is 18.2 Å². The van der Waals surface area contributed by atoms with Gasteiger partial charge in [-0.2, -0.15) is 6.66 Å². The van der Waals surface area contributed by atoms with Crippen molar-refractivity contribution in [2.24, 2.45) is 0 Å². The number of hydrogen-bond acceptors (Lipinski definition) is 0. The molecule has 0 radical (unpaired) electrons. The molecule has 0 amide bonds. The molecule has 0 atom stereocenters. The van der Waals surface area contributed by atoms with Crippen LogP contribution in [0.25, 0.3) is 0 Å². The van der Waals surface area contributed by atoms with Gasteiger partial charge in [-0.15, -0.1) is 0 Å². The van der Waals surface area contributed by atoms with Gasteiger partial charge in [-0.05, 0) is 76.0 Å². The van der Waals surface area contributed by atoms with E-state index in [1.165, 1.54) is 69.8 Å². The van der Waals surface area contributed by atoms with Crippen molar-refractivity contribution in [3.8, 4) is 0 Å². The van der Waals surface area contributed by atoms with Crippen molar-refractivity contribution in [1.82, 2.24) is 0 Å².